The van der Waals surface area contributed by atoms with Crippen molar-refractivity contribution in [3.63, 3.8) is 0 Å². The summed E-state index contributed by atoms with van der Waals surface area (Å²) in [4.78, 5) is 25.5. The van der Waals surface area contributed by atoms with Gasteiger partial charge in [-0.2, -0.15) is 0 Å². The number of amides is 1. The van der Waals surface area contributed by atoms with Crippen molar-refractivity contribution in [2.75, 3.05) is 41.9 Å². The molecule has 0 spiro atoms. The molecule has 0 radical (unpaired) electrons. The molecule has 1 amide bonds. The van der Waals surface area contributed by atoms with E-state index in [1.807, 2.05) is 17.9 Å². The smallest absolute Gasteiger partial charge is 0.264 e. The van der Waals surface area contributed by atoms with Crippen molar-refractivity contribution < 1.29 is 13.2 Å². The summed E-state index contributed by atoms with van der Waals surface area (Å²) in [6, 6.07) is 17.4. The summed E-state index contributed by atoms with van der Waals surface area (Å²) in [6.07, 6.45) is 3.50. The normalized spacial score (nSPS) is 14.2. The third-order valence-corrected chi connectivity index (χ3v) is 7.49. The lowest BCUT2D eigenvalue weighted by Crippen LogP contribution is -2.49. The van der Waals surface area contributed by atoms with Crippen LogP contribution in [-0.4, -0.2) is 61.9 Å². The minimum Gasteiger partial charge on any atom is -0.339 e. The van der Waals surface area contributed by atoms with E-state index in [0.29, 0.717) is 37.8 Å². The molecule has 0 N–H and O–H groups in total. The van der Waals surface area contributed by atoms with Crippen LogP contribution in [0.2, 0.25) is 0 Å². The fraction of sp³-hybridized carbons (Fsp3) is 0.292. The highest BCUT2D eigenvalue weighted by Gasteiger charge is 2.27. The summed E-state index contributed by atoms with van der Waals surface area (Å²) in [5.74, 6) is 0.590. The maximum Gasteiger partial charge on any atom is 0.264 e. The molecule has 0 bridgehead atoms. The summed E-state index contributed by atoms with van der Waals surface area (Å²) in [5, 5.41) is 0. The molecule has 172 valence electrons. The van der Waals surface area contributed by atoms with E-state index >= 15 is 0 Å². The van der Waals surface area contributed by atoms with Gasteiger partial charge < -0.3 is 9.80 Å². The van der Waals surface area contributed by atoms with Crippen LogP contribution in [0, 0.1) is 6.92 Å². The summed E-state index contributed by atoms with van der Waals surface area (Å²) in [6.45, 7) is 4.36. The molecule has 2 aromatic carbocycles. The van der Waals surface area contributed by atoms with Crippen LogP contribution in [0.1, 0.15) is 12.0 Å². The largest absolute Gasteiger partial charge is 0.339 e. The first-order valence-electron chi connectivity index (χ1n) is 10.9. The first kappa shape index (κ1) is 22.7. The molecule has 3 aromatic rings. The van der Waals surface area contributed by atoms with Gasteiger partial charge in [0.05, 0.1) is 10.6 Å². The van der Waals surface area contributed by atoms with Crippen LogP contribution in [0.15, 0.2) is 78.0 Å². The van der Waals surface area contributed by atoms with Crippen molar-refractivity contribution in [3.05, 3.63) is 78.6 Å². The third kappa shape index (κ3) is 5.31. The number of nitrogens with zero attached hydrogens (tertiary/aromatic N) is 5. The fourth-order valence-electron chi connectivity index (χ4n) is 3.79. The van der Waals surface area contributed by atoms with E-state index < -0.39 is 10.0 Å². The zero-order valence-electron chi connectivity index (χ0n) is 18.5. The van der Waals surface area contributed by atoms with Crippen LogP contribution >= 0.6 is 0 Å². The lowest BCUT2D eigenvalue weighted by molar-refractivity contribution is -0.131. The van der Waals surface area contributed by atoms with E-state index in [1.54, 1.807) is 71.9 Å². The average molecular weight is 466 g/mol. The molecule has 1 aliphatic rings. The van der Waals surface area contributed by atoms with Crippen molar-refractivity contribution in [2.24, 2.45) is 0 Å². The van der Waals surface area contributed by atoms with Gasteiger partial charge in [0, 0.05) is 51.5 Å². The SMILES string of the molecule is Cc1ccc(S(=O)(=O)N(CCC(=O)N2CCN(c3ncccn3)CC2)c2ccccc2)cc1. The van der Waals surface area contributed by atoms with E-state index in [4.69, 9.17) is 0 Å². The van der Waals surface area contributed by atoms with Gasteiger partial charge in [-0.15, -0.1) is 0 Å². The highest BCUT2D eigenvalue weighted by Crippen LogP contribution is 2.24. The van der Waals surface area contributed by atoms with E-state index in [-0.39, 0.29) is 23.8 Å². The molecule has 1 aromatic heterocycles. The predicted molar refractivity (Wildman–Crippen MR) is 128 cm³/mol. The van der Waals surface area contributed by atoms with Gasteiger partial charge in [-0.05, 0) is 37.3 Å². The number of rotatable bonds is 7. The van der Waals surface area contributed by atoms with Gasteiger partial charge >= 0.3 is 0 Å². The number of benzene rings is 2. The molecule has 1 fully saturated rings. The Hall–Kier alpha value is -3.46. The predicted octanol–water partition coefficient (Wildman–Crippen LogP) is 2.72. The van der Waals surface area contributed by atoms with Gasteiger partial charge in [-0.1, -0.05) is 35.9 Å². The van der Waals surface area contributed by atoms with Gasteiger partial charge in [0.15, 0.2) is 0 Å². The van der Waals surface area contributed by atoms with Crippen LogP contribution in [-0.2, 0) is 14.8 Å². The summed E-state index contributed by atoms with van der Waals surface area (Å²) in [5.41, 5.74) is 1.52. The van der Waals surface area contributed by atoms with Crippen LogP contribution in [0.25, 0.3) is 0 Å². The molecule has 2 heterocycles. The summed E-state index contributed by atoms with van der Waals surface area (Å²) in [7, 11) is -3.80. The van der Waals surface area contributed by atoms with Crippen LogP contribution < -0.4 is 9.21 Å². The second-order valence-corrected chi connectivity index (χ2v) is 9.75. The minimum atomic E-state index is -3.80. The lowest BCUT2D eigenvalue weighted by Gasteiger charge is -2.35. The summed E-state index contributed by atoms with van der Waals surface area (Å²) < 4.78 is 28.1. The fourth-order valence-corrected chi connectivity index (χ4v) is 5.25. The Morgan fingerprint density at radius 2 is 1.55 bits per heavy atom. The molecule has 4 rings (SSSR count). The topological polar surface area (TPSA) is 86.7 Å². The van der Waals surface area contributed by atoms with Crippen LogP contribution in [0.3, 0.4) is 0 Å². The molecule has 8 nitrogen and oxygen atoms in total. The van der Waals surface area contributed by atoms with Gasteiger partial charge in [0.25, 0.3) is 10.0 Å². The second-order valence-electron chi connectivity index (χ2n) is 7.89. The zero-order valence-corrected chi connectivity index (χ0v) is 19.4. The average Bonchev–Trinajstić information content (AvgIpc) is 2.85. The van der Waals surface area contributed by atoms with Gasteiger partial charge in [0.2, 0.25) is 11.9 Å². The molecule has 9 heteroatoms. The number of aromatic nitrogens is 2. The van der Waals surface area contributed by atoms with E-state index in [2.05, 4.69) is 9.97 Å². The van der Waals surface area contributed by atoms with Crippen LogP contribution in [0.4, 0.5) is 11.6 Å². The maximum atomic E-state index is 13.4. The number of piperazine rings is 1. The Morgan fingerprint density at radius 3 is 2.18 bits per heavy atom. The highest BCUT2D eigenvalue weighted by atomic mass is 32.2. The quantitative estimate of drug-likeness (QED) is 0.533. The molecule has 0 unspecified atom stereocenters. The first-order valence-corrected chi connectivity index (χ1v) is 12.3. The summed E-state index contributed by atoms with van der Waals surface area (Å²) >= 11 is 0. The first-order chi connectivity index (χ1) is 15.9. The third-order valence-electron chi connectivity index (χ3n) is 5.65. The van der Waals surface area contributed by atoms with Gasteiger partial charge in [-0.3, -0.25) is 9.10 Å². The van der Waals surface area contributed by atoms with E-state index in [9.17, 15) is 13.2 Å². The van der Waals surface area contributed by atoms with Gasteiger partial charge in [0.1, 0.15) is 0 Å². The molecular weight excluding hydrogens is 438 g/mol. The van der Waals surface area contributed by atoms with E-state index in [1.165, 1.54) is 4.31 Å². The van der Waals surface area contributed by atoms with Crippen molar-refractivity contribution in [1.82, 2.24) is 14.9 Å². The number of para-hydroxylation sites is 1. The van der Waals surface area contributed by atoms with Crippen molar-refractivity contribution in [1.29, 1.82) is 0 Å². The number of carbonyl (C=O) groups is 1. The number of carbonyl (C=O) groups excluding carboxylic acids is 1. The Kier molecular flexibility index (Phi) is 6.88. The number of anilines is 2. The minimum absolute atomic E-state index is 0.0660. The molecular formula is C24H27N5O3S. The number of hydrogen-bond donors (Lipinski definition) is 0. The Balaban J connectivity index is 1.44. The highest BCUT2D eigenvalue weighted by molar-refractivity contribution is 7.92. The Morgan fingerprint density at radius 1 is 0.909 bits per heavy atom. The maximum absolute atomic E-state index is 13.4. The van der Waals surface area contributed by atoms with Crippen molar-refractivity contribution in [3.8, 4) is 0 Å². The monoisotopic (exact) mass is 465 g/mol. The lowest BCUT2D eigenvalue weighted by atomic mass is 10.2. The Labute approximate surface area is 194 Å². The second kappa shape index (κ2) is 9.99. The number of aryl methyl sites for hydroxylation is 1. The number of hydrogen-bond acceptors (Lipinski definition) is 6. The van der Waals surface area contributed by atoms with Crippen LogP contribution in [0.5, 0.6) is 0 Å². The molecule has 1 aliphatic heterocycles. The molecule has 0 aliphatic carbocycles. The van der Waals surface area contributed by atoms with Gasteiger partial charge in [-0.25, -0.2) is 18.4 Å². The standard InChI is InChI=1S/C24H27N5O3S/c1-20-8-10-22(11-9-20)33(31,32)29(21-6-3-2-4-7-21)15-12-23(30)27-16-18-28(19-17-27)24-25-13-5-14-26-24/h2-11,13-14H,12,15-19H2,1H3. The van der Waals surface area contributed by atoms with E-state index in [0.717, 1.165) is 5.56 Å². The zero-order chi connectivity index (χ0) is 23.3. The molecule has 0 atom stereocenters. The Bertz CT molecular complexity index is 1160. The van der Waals surface area contributed by atoms with Crippen molar-refractivity contribution >= 4 is 27.6 Å². The van der Waals surface area contributed by atoms with Crippen molar-refractivity contribution in [2.45, 2.75) is 18.2 Å². The molecule has 1 saturated heterocycles. The number of sulfonamides is 1. The molecule has 0 saturated carbocycles. The molecule has 33 heavy (non-hydrogen) atoms.